The first-order chi connectivity index (χ1) is 8.72. The minimum atomic E-state index is 0.374. The van der Waals surface area contributed by atoms with Crippen LogP contribution in [-0.2, 0) is 4.74 Å². The second-order valence-electron chi connectivity index (χ2n) is 4.68. The average molecular weight is 353 g/mol. The number of nitrogens with one attached hydrogen (secondary N) is 1. The van der Waals surface area contributed by atoms with Crippen LogP contribution in [-0.4, -0.2) is 19.8 Å². The van der Waals surface area contributed by atoms with Gasteiger partial charge in [0.1, 0.15) is 0 Å². The van der Waals surface area contributed by atoms with Crippen molar-refractivity contribution in [2.24, 2.45) is 5.92 Å². The standard InChI is InChI=1S/C13H19BrClNOS/c1-2-5-16-12(9-4-3-6-17-8-9)11-7-10(15)13(14)18-11/h7,9,12,16H,2-6,8H2,1H3. The lowest BCUT2D eigenvalue weighted by atomic mass is 9.92. The zero-order chi connectivity index (χ0) is 13.0. The van der Waals surface area contributed by atoms with E-state index in [4.69, 9.17) is 16.3 Å². The van der Waals surface area contributed by atoms with E-state index >= 15 is 0 Å². The summed E-state index contributed by atoms with van der Waals surface area (Å²) in [4.78, 5) is 1.32. The zero-order valence-electron chi connectivity index (χ0n) is 10.5. The lowest BCUT2D eigenvalue weighted by Gasteiger charge is -2.30. The highest BCUT2D eigenvalue weighted by atomic mass is 79.9. The summed E-state index contributed by atoms with van der Waals surface area (Å²) in [6, 6.07) is 2.46. The molecule has 0 bridgehead atoms. The lowest BCUT2D eigenvalue weighted by molar-refractivity contribution is 0.0396. The Morgan fingerprint density at radius 2 is 2.50 bits per heavy atom. The molecule has 2 atom stereocenters. The highest BCUT2D eigenvalue weighted by Gasteiger charge is 2.27. The van der Waals surface area contributed by atoms with E-state index in [-0.39, 0.29) is 0 Å². The van der Waals surface area contributed by atoms with Gasteiger partial charge in [-0.05, 0) is 47.8 Å². The summed E-state index contributed by atoms with van der Waals surface area (Å²) < 4.78 is 6.65. The summed E-state index contributed by atoms with van der Waals surface area (Å²) >= 11 is 11.4. The molecule has 2 nitrogen and oxygen atoms in total. The van der Waals surface area contributed by atoms with Crippen molar-refractivity contribution >= 4 is 38.9 Å². The first-order valence-electron chi connectivity index (χ1n) is 6.48. The number of rotatable bonds is 5. The molecular formula is C13H19BrClNOS. The Kier molecular flexibility index (Phi) is 5.96. The predicted octanol–water partition coefficient (Wildman–Crippen LogP) is 4.63. The summed E-state index contributed by atoms with van der Waals surface area (Å²) in [7, 11) is 0. The molecule has 0 radical (unpaired) electrons. The van der Waals surface area contributed by atoms with Gasteiger partial charge in [-0.2, -0.15) is 0 Å². The summed E-state index contributed by atoms with van der Waals surface area (Å²) in [5.41, 5.74) is 0. The first kappa shape index (κ1) is 14.8. The Balaban J connectivity index is 2.12. The topological polar surface area (TPSA) is 21.3 Å². The Morgan fingerprint density at radius 3 is 3.06 bits per heavy atom. The molecule has 102 valence electrons. The molecule has 5 heteroatoms. The molecule has 2 rings (SSSR count). The third-order valence-electron chi connectivity index (χ3n) is 3.25. The van der Waals surface area contributed by atoms with Crippen molar-refractivity contribution in [3.05, 3.63) is 19.8 Å². The van der Waals surface area contributed by atoms with Crippen molar-refractivity contribution in [1.29, 1.82) is 0 Å². The summed E-state index contributed by atoms with van der Waals surface area (Å²) in [5, 5.41) is 4.46. The van der Waals surface area contributed by atoms with Gasteiger partial charge in [0.25, 0.3) is 0 Å². The van der Waals surface area contributed by atoms with Crippen molar-refractivity contribution in [3.8, 4) is 0 Å². The Labute approximate surface area is 126 Å². The van der Waals surface area contributed by atoms with E-state index < -0.39 is 0 Å². The van der Waals surface area contributed by atoms with Crippen LogP contribution in [0.5, 0.6) is 0 Å². The van der Waals surface area contributed by atoms with Gasteiger partial charge in [0, 0.05) is 23.4 Å². The van der Waals surface area contributed by atoms with Crippen molar-refractivity contribution in [2.45, 2.75) is 32.2 Å². The summed E-state index contributed by atoms with van der Waals surface area (Å²) in [6.07, 6.45) is 3.54. The lowest BCUT2D eigenvalue weighted by Crippen LogP contribution is -2.33. The van der Waals surface area contributed by atoms with E-state index in [1.807, 2.05) is 0 Å². The molecule has 0 amide bonds. The van der Waals surface area contributed by atoms with Gasteiger partial charge >= 0.3 is 0 Å². The van der Waals surface area contributed by atoms with Crippen LogP contribution in [0.4, 0.5) is 0 Å². The van der Waals surface area contributed by atoms with Gasteiger partial charge in [-0.3, -0.25) is 0 Å². The van der Waals surface area contributed by atoms with Crippen molar-refractivity contribution in [2.75, 3.05) is 19.8 Å². The van der Waals surface area contributed by atoms with Crippen LogP contribution >= 0.6 is 38.9 Å². The molecule has 0 aromatic carbocycles. The van der Waals surface area contributed by atoms with E-state index in [0.29, 0.717) is 12.0 Å². The largest absolute Gasteiger partial charge is 0.381 e. The molecule has 0 spiro atoms. The Morgan fingerprint density at radius 1 is 1.67 bits per heavy atom. The monoisotopic (exact) mass is 351 g/mol. The number of ether oxygens (including phenoxy) is 1. The minimum Gasteiger partial charge on any atom is -0.381 e. The fraction of sp³-hybridized carbons (Fsp3) is 0.692. The van der Waals surface area contributed by atoms with Crippen molar-refractivity contribution < 1.29 is 4.74 Å². The number of halogens is 2. The molecule has 1 N–H and O–H groups in total. The molecular weight excluding hydrogens is 334 g/mol. The highest BCUT2D eigenvalue weighted by molar-refractivity contribution is 9.11. The fourth-order valence-electron chi connectivity index (χ4n) is 2.34. The molecule has 0 saturated carbocycles. The molecule has 0 aliphatic carbocycles. The fourth-order valence-corrected chi connectivity index (χ4v) is 4.26. The first-order valence-corrected chi connectivity index (χ1v) is 8.47. The smallest absolute Gasteiger partial charge is 0.0887 e. The van der Waals surface area contributed by atoms with E-state index in [2.05, 4.69) is 34.2 Å². The van der Waals surface area contributed by atoms with Gasteiger partial charge in [0.2, 0.25) is 0 Å². The van der Waals surface area contributed by atoms with Crippen molar-refractivity contribution in [3.63, 3.8) is 0 Å². The maximum absolute atomic E-state index is 6.15. The Hall–Kier alpha value is 0.390. The zero-order valence-corrected chi connectivity index (χ0v) is 13.7. The normalized spacial score (nSPS) is 22.1. The molecule has 18 heavy (non-hydrogen) atoms. The van der Waals surface area contributed by atoms with Crippen LogP contribution in [0.2, 0.25) is 5.02 Å². The predicted molar refractivity (Wildman–Crippen MR) is 81.6 cm³/mol. The van der Waals surface area contributed by atoms with E-state index in [1.165, 1.54) is 11.3 Å². The summed E-state index contributed by atoms with van der Waals surface area (Å²) in [6.45, 7) is 4.99. The second kappa shape index (κ2) is 7.25. The Bertz CT molecular complexity index is 360. The molecule has 1 aromatic heterocycles. The molecule has 1 aliphatic heterocycles. The molecule has 1 fully saturated rings. The van der Waals surface area contributed by atoms with E-state index in [9.17, 15) is 0 Å². The van der Waals surface area contributed by atoms with Gasteiger partial charge in [-0.25, -0.2) is 0 Å². The molecule has 2 heterocycles. The molecule has 1 aromatic rings. The van der Waals surface area contributed by atoms with Gasteiger partial charge in [-0.15, -0.1) is 11.3 Å². The van der Waals surface area contributed by atoms with Gasteiger partial charge in [-0.1, -0.05) is 18.5 Å². The van der Waals surface area contributed by atoms with Gasteiger partial charge < -0.3 is 10.1 Å². The summed E-state index contributed by atoms with van der Waals surface area (Å²) in [5.74, 6) is 0.562. The van der Waals surface area contributed by atoms with Crippen molar-refractivity contribution in [1.82, 2.24) is 5.32 Å². The van der Waals surface area contributed by atoms with Gasteiger partial charge in [0.05, 0.1) is 15.4 Å². The molecule has 1 aliphatic rings. The SMILES string of the molecule is CCCNC(c1cc(Cl)c(Br)s1)C1CCCOC1. The van der Waals surface area contributed by atoms with Crippen LogP contribution in [0.15, 0.2) is 9.85 Å². The maximum Gasteiger partial charge on any atom is 0.0887 e. The second-order valence-corrected chi connectivity index (χ2v) is 7.49. The third-order valence-corrected chi connectivity index (χ3v) is 5.81. The number of hydrogen-bond donors (Lipinski definition) is 1. The van der Waals surface area contributed by atoms with Crippen LogP contribution < -0.4 is 5.32 Å². The van der Waals surface area contributed by atoms with Crippen LogP contribution in [0, 0.1) is 5.92 Å². The molecule has 1 saturated heterocycles. The minimum absolute atomic E-state index is 0.374. The van der Waals surface area contributed by atoms with Crippen LogP contribution in [0.25, 0.3) is 0 Å². The number of thiophene rings is 1. The average Bonchev–Trinajstić information content (AvgIpc) is 2.71. The maximum atomic E-state index is 6.15. The quantitative estimate of drug-likeness (QED) is 0.834. The number of hydrogen-bond acceptors (Lipinski definition) is 3. The molecule has 2 unspecified atom stereocenters. The van der Waals surface area contributed by atoms with E-state index in [1.54, 1.807) is 11.3 Å². The third kappa shape index (κ3) is 3.70. The highest BCUT2D eigenvalue weighted by Crippen LogP contribution is 2.39. The van der Waals surface area contributed by atoms with Crippen LogP contribution in [0.3, 0.4) is 0 Å². The van der Waals surface area contributed by atoms with Gasteiger partial charge in [0.15, 0.2) is 0 Å². The van der Waals surface area contributed by atoms with E-state index in [0.717, 1.165) is 41.4 Å². The van der Waals surface area contributed by atoms with Crippen LogP contribution in [0.1, 0.15) is 37.1 Å².